The first-order chi connectivity index (χ1) is 30.9. The Hall–Kier alpha value is -5.24. The zero-order valence-corrected chi connectivity index (χ0v) is 38.7. The molecule has 1 unspecified atom stereocenters. The molecule has 66 heavy (non-hydrogen) atoms. The summed E-state index contributed by atoms with van der Waals surface area (Å²) in [6, 6.07) is 14.6. The summed E-state index contributed by atoms with van der Waals surface area (Å²) in [5, 5.41) is 37.6. The van der Waals surface area contributed by atoms with E-state index < -0.39 is 125 Å². The van der Waals surface area contributed by atoms with E-state index in [0.717, 1.165) is 13.8 Å². The first-order valence-electron chi connectivity index (χ1n) is 21.9. The number of aliphatic hydroxyl groups excluding tert-OH is 2. The lowest BCUT2D eigenvalue weighted by Crippen LogP contribution is -2.82. The van der Waals surface area contributed by atoms with Gasteiger partial charge in [0.1, 0.15) is 36.3 Å². The van der Waals surface area contributed by atoms with Crippen LogP contribution in [0.25, 0.3) is 0 Å². The molecule has 0 spiro atoms. The van der Waals surface area contributed by atoms with E-state index in [-0.39, 0.29) is 43.0 Å². The summed E-state index contributed by atoms with van der Waals surface area (Å²) in [5.41, 5.74) is -8.25. The number of aliphatic hydroxyl groups is 3. The van der Waals surface area contributed by atoms with Gasteiger partial charge in [0, 0.05) is 32.1 Å². The maximum absolute atomic E-state index is 15.9. The van der Waals surface area contributed by atoms with E-state index in [1.165, 1.54) is 26.0 Å². The maximum atomic E-state index is 15.9. The fourth-order valence-corrected chi connectivity index (χ4v) is 10.3. The van der Waals surface area contributed by atoms with Gasteiger partial charge in [-0.25, -0.2) is 14.4 Å². The monoisotopic (exact) mass is 923 g/mol. The van der Waals surface area contributed by atoms with Gasteiger partial charge in [0.25, 0.3) is 0 Å². The van der Waals surface area contributed by atoms with E-state index in [4.69, 9.17) is 37.9 Å². The highest BCUT2D eigenvalue weighted by Gasteiger charge is 2.78. The Morgan fingerprint density at radius 3 is 2.12 bits per heavy atom. The first-order valence-corrected chi connectivity index (χ1v) is 21.9. The topological polar surface area (TPSA) is 249 Å². The second-order valence-corrected chi connectivity index (χ2v) is 19.0. The lowest BCUT2D eigenvalue weighted by atomic mass is 9.44. The minimum Gasteiger partial charge on any atom is -0.456 e. The Labute approximate surface area is 383 Å². The molecule has 6 rings (SSSR count). The van der Waals surface area contributed by atoms with Crippen molar-refractivity contribution in [3.8, 4) is 0 Å². The summed E-state index contributed by atoms with van der Waals surface area (Å²) in [5.74, 6) is -6.21. The molecule has 2 saturated carbocycles. The number of alkyl carbamates (subject to hydrolysis) is 1. The Balaban J connectivity index is 1.56. The highest BCUT2D eigenvalue weighted by atomic mass is 16.7. The molecule has 2 aromatic carbocycles. The molecule has 1 aliphatic heterocycles. The number of hydrogen-bond acceptors (Lipinski definition) is 17. The van der Waals surface area contributed by atoms with Crippen LogP contribution in [0.4, 0.5) is 4.79 Å². The van der Waals surface area contributed by atoms with Gasteiger partial charge < -0.3 is 58.5 Å². The van der Waals surface area contributed by atoms with Crippen LogP contribution in [-0.2, 0) is 57.1 Å². The molecule has 1 heterocycles. The second-order valence-electron chi connectivity index (χ2n) is 19.0. The van der Waals surface area contributed by atoms with Crippen LogP contribution >= 0.6 is 0 Å². The lowest BCUT2D eigenvalue weighted by Gasteiger charge is -2.67. The fraction of sp³-hybridized carbons (Fsp3) is 0.583. The molecular weight excluding hydrogens is 863 g/mol. The Bertz CT molecular complexity index is 2190. The third kappa shape index (κ3) is 9.35. The van der Waals surface area contributed by atoms with Gasteiger partial charge >= 0.3 is 30.0 Å². The van der Waals surface area contributed by atoms with Crippen LogP contribution in [0.3, 0.4) is 0 Å². The number of hydrogen-bond donors (Lipinski definition) is 4. The molecule has 360 valence electrons. The van der Waals surface area contributed by atoms with Gasteiger partial charge in [0.05, 0.1) is 48.9 Å². The van der Waals surface area contributed by atoms with Crippen molar-refractivity contribution in [3.63, 3.8) is 0 Å². The van der Waals surface area contributed by atoms with Crippen molar-refractivity contribution < 1.29 is 82.0 Å². The quantitative estimate of drug-likeness (QED) is 0.0691. The lowest BCUT2D eigenvalue weighted by molar-refractivity contribution is -0.351. The Morgan fingerprint density at radius 1 is 0.924 bits per heavy atom. The number of fused-ring (bicyclic) bond motifs is 5. The van der Waals surface area contributed by atoms with E-state index in [1.807, 2.05) is 0 Å². The number of ketones is 1. The minimum atomic E-state index is -2.41. The summed E-state index contributed by atoms with van der Waals surface area (Å²) >= 11 is 0. The first kappa shape index (κ1) is 50.2. The molecular formula is C48H61NO17. The number of amides is 1. The predicted octanol–water partition coefficient (Wildman–Crippen LogP) is 3.82. The number of benzene rings is 2. The molecule has 0 aromatic heterocycles. The summed E-state index contributed by atoms with van der Waals surface area (Å²) < 4.78 is 48.0. The third-order valence-electron chi connectivity index (χ3n) is 13.4. The van der Waals surface area contributed by atoms with E-state index in [2.05, 4.69) is 5.32 Å². The van der Waals surface area contributed by atoms with Crippen molar-refractivity contribution in [2.24, 2.45) is 16.7 Å². The van der Waals surface area contributed by atoms with E-state index >= 15 is 4.79 Å². The molecule has 3 fully saturated rings. The van der Waals surface area contributed by atoms with Crippen LogP contribution < -0.4 is 5.32 Å². The molecule has 11 atom stereocenters. The smallest absolute Gasteiger partial charge is 0.408 e. The average molecular weight is 924 g/mol. The Kier molecular flexibility index (Phi) is 14.6. The van der Waals surface area contributed by atoms with Crippen molar-refractivity contribution in [1.82, 2.24) is 5.32 Å². The molecule has 0 radical (unpaired) electrons. The SMILES string of the molecule is CC(=O)O[C@H]1C(=O)[C@@]2(C)C([C@H](OC(=O)c3ccccc3)[C@]3(O)C[C@H](OC(=O)[C@H](O)[C@@H](NC(=O)OC(C)(C)C)c4ccccc4)C(C)=C1C3(C)C)[C@]1(OC(C)=O)CO[C@@H]1C[C@@H]2OCOCCO. The van der Waals surface area contributed by atoms with Crippen molar-refractivity contribution in [3.05, 3.63) is 82.9 Å². The van der Waals surface area contributed by atoms with E-state index in [0.29, 0.717) is 5.56 Å². The number of esters is 4. The van der Waals surface area contributed by atoms with Gasteiger partial charge in [-0.2, -0.15) is 0 Å². The second kappa shape index (κ2) is 19.2. The fourth-order valence-electron chi connectivity index (χ4n) is 10.3. The average Bonchev–Trinajstić information content (AvgIpc) is 3.24. The molecule has 1 saturated heterocycles. The van der Waals surface area contributed by atoms with Crippen molar-refractivity contribution >= 4 is 35.8 Å². The predicted molar refractivity (Wildman–Crippen MR) is 230 cm³/mol. The maximum Gasteiger partial charge on any atom is 0.408 e. The standard InChI is InChI=1S/C48H61NO17/c1-26-31(63-42(56)36(53)35(29-16-12-10-13-17-29)49-43(57)66-44(4,5)6)23-48(58)40(64-41(55)30-18-14-11-15-19-30)38-46(9,39(54)37(62-27(2)51)34(26)45(48,7)8)32(61-25-59-21-20-50)22-33-47(38,24-60-33)65-28(3)52/h10-19,31-33,35-38,40,50,53,58H,20-25H2,1-9H3,(H,49,57)/t31-,32-,33+,35-,36+,37+,38?,40-,46+,47-,48+/m0/s1. The molecule has 4 N–H and O–H groups in total. The van der Waals surface area contributed by atoms with Crippen molar-refractivity contribution in [2.75, 3.05) is 26.6 Å². The van der Waals surface area contributed by atoms with E-state index in [1.54, 1.807) is 83.1 Å². The van der Waals surface area contributed by atoms with Crippen LogP contribution in [0.1, 0.15) is 97.1 Å². The van der Waals surface area contributed by atoms with Crippen LogP contribution in [0.2, 0.25) is 0 Å². The van der Waals surface area contributed by atoms with Crippen LogP contribution in [0.5, 0.6) is 0 Å². The van der Waals surface area contributed by atoms with Gasteiger partial charge in [-0.3, -0.25) is 14.4 Å². The molecule has 18 nitrogen and oxygen atoms in total. The van der Waals surface area contributed by atoms with Crippen molar-refractivity contribution in [2.45, 2.75) is 135 Å². The minimum absolute atomic E-state index is 0.000496. The summed E-state index contributed by atoms with van der Waals surface area (Å²) in [6.07, 6.45) is -11.1. The molecule has 2 bridgehead atoms. The molecule has 2 aromatic rings. The van der Waals surface area contributed by atoms with Crippen LogP contribution in [0.15, 0.2) is 71.8 Å². The van der Waals surface area contributed by atoms with Gasteiger partial charge in [-0.15, -0.1) is 0 Å². The third-order valence-corrected chi connectivity index (χ3v) is 13.4. The van der Waals surface area contributed by atoms with Gasteiger partial charge in [-0.1, -0.05) is 62.4 Å². The summed E-state index contributed by atoms with van der Waals surface area (Å²) in [4.78, 5) is 84.2. The molecule has 4 aliphatic rings. The highest BCUT2D eigenvalue weighted by Crippen LogP contribution is 2.65. The zero-order chi connectivity index (χ0) is 48.6. The summed E-state index contributed by atoms with van der Waals surface area (Å²) in [7, 11) is 0. The normalized spacial score (nSPS) is 30.9. The molecule has 18 heteroatoms. The number of ether oxygens (including phenoxy) is 8. The number of nitrogens with one attached hydrogen (secondary N) is 1. The Morgan fingerprint density at radius 2 is 1.56 bits per heavy atom. The zero-order valence-electron chi connectivity index (χ0n) is 38.7. The molecule has 3 aliphatic carbocycles. The largest absolute Gasteiger partial charge is 0.456 e. The van der Waals surface area contributed by atoms with Crippen LogP contribution in [0, 0.1) is 16.7 Å². The van der Waals surface area contributed by atoms with Crippen LogP contribution in [-0.4, -0.2) is 131 Å². The number of carbonyl (C=O) groups excluding carboxylic acids is 6. The number of rotatable bonds is 14. The van der Waals surface area contributed by atoms with Gasteiger partial charge in [-0.05, 0) is 63.5 Å². The van der Waals surface area contributed by atoms with Gasteiger partial charge in [0.15, 0.2) is 23.6 Å². The van der Waals surface area contributed by atoms with E-state index in [9.17, 15) is 39.3 Å². The highest BCUT2D eigenvalue weighted by molar-refractivity contribution is 5.95. The van der Waals surface area contributed by atoms with Crippen molar-refractivity contribution in [1.29, 1.82) is 0 Å². The number of carbonyl (C=O) groups is 6. The molecule has 1 amide bonds. The van der Waals surface area contributed by atoms with Gasteiger partial charge in [0.2, 0.25) is 0 Å². The summed E-state index contributed by atoms with van der Waals surface area (Å²) in [6.45, 7) is 12.1. The number of Topliss-reactive ketones (excluding diaryl/α,β-unsaturated/α-hetero) is 1.